The van der Waals surface area contributed by atoms with Crippen molar-refractivity contribution in [1.29, 1.82) is 0 Å². The molecule has 292 valence electrons. The van der Waals surface area contributed by atoms with Crippen molar-refractivity contribution < 1.29 is 0 Å². The van der Waals surface area contributed by atoms with Crippen LogP contribution in [-0.2, 0) is 0 Å². The third-order valence-corrected chi connectivity index (χ3v) is 12.0. The van der Waals surface area contributed by atoms with Crippen LogP contribution >= 0.6 is 0 Å². The van der Waals surface area contributed by atoms with Crippen LogP contribution in [0.4, 0.5) is 17.1 Å². The maximum Gasteiger partial charge on any atom is 0.0547 e. The van der Waals surface area contributed by atoms with E-state index in [0.29, 0.717) is 0 Å². The topological polar surface area (TPSA) is 8.17 Å². The Kier molecular flexibility index (Phi) is 9.57. The highest BCUT2D eigenvalue weighted by Gasteiger charge is 2.22. The summed E-state index contributed by atoms with van der Waals surface area (Å²) in [6.07, 6.45) is 0. The van der Waals surface area contributed by atoms with Crippen molar-refractivity contribution in [2.45, 2.75) is 0 Å². The molecule has 0 atom stereocenters. The van der Waals surface area contributed by atoms with Gasteiger partial charge >= 0.3 is 0 Å². The lowest BCUT2D eigenvalue weighted by Gasteiger charge is -2.30. The number of rotatable bonds is 9. The predicted octanol–water partition coefficient (Wildman–Crippen LogP) is 16.6. The number of hydrogen-bond acceptors (Lipinski definition) is 1. The van der Waals surface area contributed by atoms with Crippen LogP contribution < -0.4 is 4.90 Å². The van der Waals surface area contributed by atoms with Crippen molar-refractivity contribution in [3.63, 3.8) is 0 Å². The van der Waals surface area contributed by atoms with Crippen LogP contribution in [0.1, 0.15) is 0 Å². The SMILES string of the molecule is c1ccc(-c2ccccc2-c2ccc(N(c3ccccc3-c3ccccc3)c3ccccc3-c3cccc(-c4cccc5c4c4ccccc4n5-c4ccccc4)c3)cc2)cc1. The standard InChI is InChI=1S/C60H42N2/c1-4-20-43(21-5-1)50-28-10-11-29-51(50)45-38-40-49(41-39-45)61(56-34-15-12-30-52(56)44-22-6-2-7-23-44)57-35-16-13-31-53(57)46-24-18-25-47(42-46)54-33-19-37-59-60(54)55-32-14-17-36-58(55)62(59)48-26-8-3-9-27-48/h1-42H. The van der Waals surface area contributed by atoms with Crippen molar-refractivity contribution in [3.8, 4) is 61.3 Å². The van der Waals surface area contributed by atoms with Gasteiger partial charge in [0, 0.05) is 33.3 Å². The van der Waals surface area contributed by atoms with Crippen LogP contribution in [0.2, 0.25) is 0 Å². The summed E-state index contributed by atoms with van der Waals surface area (Å²) in [6.45, 7) is 0. The molecule has 0 bridgehead atoms. The van der Waals surface area contributed by atoms with E-state index in [0.717, 1.165) is 39.4 Å². The van der Waals surface area contributed by atoms with Gasteiger partial charge in [0.25, 0.3) is 0 Å². The Morgan fingerprint density at radius 1 is 0.274 bits per heavy atom. The quantitative estimate of drug-likeness (QED) is 0.141. The molecule has 1 aromatic heterocycles. The van der Waals surface area contributed by atoms with Gasteiger partial charge in [0.05, 0.1) is 22.4 Å². The van der Waals surface area contributed by atoms with Gasteiger partial charge in [-0.2, -0.15) is 0 Å². The fourth-order valence-electron chi connectivity index (χ4n) is 9.21. The molecule has 1 heterocycles. The first-order chi connectivity index (χ1) is 30.8. The van der Waals surface area contributed by atoms with Gasteiger partial charge in [0.15, 0.2) is 0 Å². The molecule has 0 saturated carbocycles. The maximum atomic E-state index is 2.44. The smallest absolute Gasteiger partial charge is 0.0547 e. The van der Waals surface area contributed by atoms with Gasteiger partial charge in [-0.1, -0.05) is 200 Å². The minimum Gasteiger partial charge on any atom is -0.309 e. The number of nitrogens with zero attached hydrogens (tertiary/aromatic N) is 2. The number of fused-ring (bicyclic) bond motifs is 3. The third-order valence-electron chi connectivity index (χ3n) is 12.0. The molecule has 0 aliphatic rings. The molecule has 2 nitrogen and oxygen atoms in total. The molecule has 0 saturated heterocycles. The van der Waals surface area contributed by atoms with Crippen molar-refractivity contribution in [1.82, 2.24) is 4.57 Å². The molecule has 0 fully saturated rings. The van der Waals surface area contributed by atoms with Crippen LogP contribution in [0.3, 0.4) is 0 Å². The molecule has 11 rings (SSSR count). The average Bonchev–Trinajstić information content (AvgIpc) is 3.70. The molecule has 0 aliphatic carbocycles. The molecule has 0 aliphatic heterocycles. The molecule has 62 heavy (non-hydrogen) atoms. The first kappa shape index (κ1) is 36.8. The monoisotopic (exact) mass is 790 g/mol. The molecular weight excluding hydrogens is 749 g/mol. The number of aromatic nitrogens is 1. The lowest BCUT2D eigenvalue weighted by Crippen LogP contribution is -2.12. The van der Waals surface area contributed by atoms with Crippen molar-refractivity contribution in [2.75, 3.05) is 4.90 Å². The minimum absolute atomic E-state index is 1.08. The Morgan fingerprint density at radius 3 is 1.34 bits per heavy atom. The van der Waals surface area contributed by atoms with Crippen LogP contribution in [0.5, 0.6) is 0 Å². The van der Waals surface area contributed by atoms with Gasteiger partial charge in [-0.3, -0.25) is 0 Å². The van der Waals surface area contributed by atoms with Crippen LogP contribution in [-0.4, -0.2) is 4.57 Å². The second kappa shape index (κ2) is 16.1. The maximum absolute atomic E-state index is 2.44. The number of anilines is 3. The summed E-state index contributed by atoms with van der Waals surface area (Å²) in [6, 6.07) is 92.0. The largest absolute Gasteiger partial charge is 0.309 e. The summed E-state index contributed by atoms with van der Waals surface area (Å²) in [4.78, 5) is 2.44. The van der Waals surface area contributed by atoms with Gasteiger partial charge in [0.1, 0.15) is 0 Å². The zero-order valence-electron chi connectivity index (χ0n) is 34.1. The Bertz CT molecular complexity index is 3330. The fraction of sp³-hybridized carbons (Fsp3) is 0. The zero-order chi connectivity index (χ0) is 41.2. The van der Waals surface area contributed by atoms with Crippen molar-refractivity contribution in [2.24, 2.45) is 0 Å². The van der Waals surface area contributed by atoms with E-state index in [9.17, 15) is 0 Å². The Labute approximate surface area is 362 Å². The summed E-state index contributed by atoms with van der Waals surface area (Å²) in [5.74, 6) is 0. The van der Waals surface area contributed by atoms with E-state index in [4.69, 9.17) is 0 Å². The first-order valence-corrected chi connectivity index (χ1v) is 21.3. The number of benzene rings is 10. The van der Waals surface area contributed by atoms with E-state index >= 15 is 0 Å². The molecule has 0 amide bonds. The van der Waals surface area contributed by atoms with Gasteiger partial charge < -0.3 is 9.47 Å². The van der Waals surface area contributed by atoms with E-state index in [1.165, 1.54) is 60.8 Å². The van der Waals surface area contributed by atoms with Crippen LogP contribution in [0, 0.1) is 0 Å². The van der Waals surface area contributed by atoms with E-state index in [-0.39, 0.29) is 0 Å². The highest BCUT2D eigenvalue weighted by atomic mass is 15.1. The zero-order valence-corrected chi connectivity index (χ0v) is 34.1. The summed E-state index contributed by atoms with van der Waals surface area (Å²) in [5, 5.41) is 2.50. The first-order valence-electron chi connectivity index (χ1n) is 21.3. The average molecular weight is 791 g/mol. The Hall–Kier alpha value is -8.20. The third kappa shape index (κ3) is 6.65. The minimum atomic E-state index is 1.08. The van der Waals surface area contributed by atoms with E-state index < -0.39 is 0 Å². The summed E-state index contributed by atoms with van der Waals surface area (Å²) in [7, 11) is 0. The number of hydrogen-bond donors (Lipinski definition) is 0. The second-order valence-electron chi connectivity index (χ2n) is 15.7. The lowest BCUT2D eigenvalue weighted by atomic mass is 9.93. The predicted molar refractivity (Wildman–Crippen MR) is 263 cm³/mol. The molecule has 2 heteroatoms. The molecule has 0 spiro atoms. The molecule has 0 radical (unpaired) electrons. The van der Waals surface area contributed by atoms with Gasteiger partial charge in [0.2, 0.25) is 0 Å². The van der Waals surface area contributed by atoms with Gasteiger partial charge in [-0.15, -0.1) is 0 Å². The normalized spacial score (nSPS) is 11.2. The Morgan fingerprint density at radius 2 is 0.694 bits per heavy atom. The van der Waals surface area contributed by atoms with Crippen molar-refractivity contribution in [3.05, 3.63) is 255 Å². The summed E-state index contributed by atoms with van der Waals surface area (Å²) < 4.78 is 2.39. The summed E-state index contributed by atoms with van der Waals surface area (Å²) >= 11 is 0. The van der Waals surface area contributed by atoms with Gasteiger partial charge in [-0.05, 0) is 99.1 Å². The fourth-order valence-corrected chi connectivity index (χ4v) is 9.21. The van der Waals surface area contributed by atoms with Crippen LogP contribution in [0.15, 0.2) is 255 Å². The van der Waals surface area contributed by atoms with Crippen LogP contribution in [0.25, 0.3) is 83.1 Å². The highest BCUT2D eigenvalue weighted by molar-refractivity contribution is 6.16. The molecular formula is C60H42N2. The van der Waals surface area contributed by atoms with Gasteiger partial charge in [-0.25, -0.2) is 0 Å². The second-order valence-corrected chi connectivity index (χ2v) is 15.7. The molecule has 11 aromatic rings. The molecule has 10 aromatic carbocycles. The van der Waals surface area contributed by atoms with E-state index in [1.54, 1.807) is 0 Å². The van der Waals surface area contributed by atoms with E-state index in [2.05, 4.69) is 264 Å². The highest BCUT2D eigenvalue weighted by Crippen LogP contribution is 2.46. The summed E-state index contributed by atoms with van der Waals surface area (Å²) in [5.41, 5.74) is 18.7. The number of para-hydroxylation sites is 4. The van der Waals surface area contributed by atoms with E-state index in [1.807, 2.05) is 0 Å². The van der Waals surface area contributed by atoms with Crippen molar-refractivity contribution >= 4 is 38.9 Å². The lowest BCUT2D eigenvalue weighted by molar-refractivity contribution is 1.18. The molecule has 0 unspecified atom stereocenters. The Balaban J connectivity index is 1.07. The molecule has 0 N–H and O–H groups in total.